The van der Waals surface area contributed by atoms with Crippen molar-refractivity contribution in [3.8, 4) is 0 Å². The van der Waals surface area contributed by atoms with Crippen LogP contribution in [0, 0.1) is 13.8 Å². The summed E-state index contributed by atoms with van der Waals surface area (Å²) in [5.74, 6) is 0. The Morgan fingerprint density at radius 1 is 0.885 bits per heavy atom. The van der Waals surface area contributed by atoms with E-state index in [1.54, 1.807) is 0 Å². The molecule has 0 saturated heterocycles. The summed E-state index contributed by atoms with van der Waals surface area (Å²) in [6.07, 6.45) is 2.10. The van der Waals surface area contributed by atoms with E-state index in [4.69, 9.17) is 11.6 Å². The molecule has 0 aliphatic heterocycles. The standard InChI is InChI=1S/C23H21ClN2/c1-15-4-3-5-19(12-15)26-23(17-7-9-18(24)10-8-17)21-14-25-22-11-6-16(2)13-20(21)22/h3-14,23,25-26H,1-2H3. The Balaban J connectivity index is 1.83. The molecule has 3 heteroatoms. The van der Waals surface area contributed by atoms with Crippen LogP contribution in [-0.2, 0) is 0 Å². The fraction of sp³-hybridized carbons (Fsp3) is 0.130. The Morgan fingerprint density at radius 2 is 1.65 bits per heavy atom. The van der Waals surface area contributed by atoms with Gasteiger partial charge < -0.3 is 10.3 Å². The Kier molecular flexibility index (Phi) is 4.44. The van der Waals surface area contributed by atoms with Gasteiger partial charge >= 0.3 is 0 Å². The molecule has 0 radical (unpaired) electrons. The Hall–Kier alpha value is -2.71. The van der Waals surface area contributed by atoms with Gasteiger partial charge in [-0.15, -0.1) is 0 Å². The molecule has 2 N–H and O–H groups in total. The zero-order valence-corrected chi connectivity index (χ0v) is 15.6. The minimum atomic E-state index is 0.0321. The predicted octanol–water partition coefficient (Wildman–Crippen LogP) is 6.64. The lowest BCUT2D eigenvalue weighted by molar-refractivity contribution is 0.948. The van der Waals surface area contributed by atoms with E-state index in [0.717, 1.165) is 16.2 Å². The number of aromatic nitrogens is 1. The molecule has 4 aromatic rings. The summed E-state index contributed by atoms with van der Waals surface area (Å²) in [5.41, 5.74) is 7.15. The number of aromatic amines is 1. The van der Waals surface area contributed by atoms with Crippen LogP contribution < -0.4 is 5.32 Å². The van der Waals surface area contributed by atoms with Crippen molar-refractivity contribution in [2.45, 2.75) is 19.9 Å². The molecule has 2 nitrogen and oxygen atoms in total. The van der Waals surface area contributed by atoms with Crippen molar-refractivity contribution >= 4 is 28.2 Å². The number of fused-ring (bicyclic) bond motifs is 1. The van der Waals surface area contributed by atoms with Crippen molar-refractivity contribution in [2.75, 3.05) is 5.32 Å². The van der Waals surface area contributed by atoms with E-state index in [9.17, 15) is 0 Å². The molecule has 1 unspecified atom stereocenters. The van der Waals surface area contributed by atoms with Crippen LogP contribution in [0.15, 0.2) is 72.9 Å². The molecule has 1 heterocycles. The minimum absolute atomic E-state index is 0.0321. The Labute approximate surface area is 158 Å². The molecule has 0 bridgehead atoms. The first-order valence-electron chi connectivity index (χ1n) is 8.76. The minimum Gasteiger partial charge on any atom is -0.374 e. The van der Waals surface area contributed by atoms with Crippen molar-refractivity contribution in [3.63, 3.8) is 0 Å². The largest absolute Gasteiger partial charge is 0.374 e. The lowest BCUT2D eigenvalue weighted by Gasteiger charge is -2.21. The van der Waals surface area contributed by atoms with E-state index in [-0.39, 0.29) is 6.04 Å². The third kappa shape index (κ3) is 3.33. The zero-order chi connectivity index (χ0) is 18.1. The van der Waals surface area contributed by atoms with E-state index in [1.807, 2.05) is 12.1 Å². The number of rotatable bonds is 4. The maximum absolute atomic E-state index is 6.11. The number of nitrogens with one attached hydrogen (secondary N) is 2. The van der Waals surface area contributed by atoms with Gasteiger partial charge in [-0.05, 0) is 61.4 Å². The van der Waals surface area contributed by atoms with Gasteiger partial charge in [-0.25, -0.2) is 0 Å². The Morgan fingerprint density at radius 3 is 2.42 bits per heavy atom. The van der Waals surface area contributed by atoms with Crippen LogP contribution in [0.2, 0.25) is 5.02 Å². The first-order chi connectivity index (χ1) is 12.6. The number of anilines is 1. The first kappa shape index (κ1) is 16.7. The Bertz CT molecular complexity index is 1050. The van der Waals surface area contributed by atoms with Crippen LogP contribution in [0.1, 0.15) is 28.3 Å². The molecule has 1 aromatic heterocycles. The van der Waals surface area contributed by atoms with Gasteiger partial charge in [0.15, 0.2) is 0 Å². The highest BCUT2D eigenvalue weighted by Gasteiger charge is 2.18. The maximum atomic E-state index is 6.11. The van der Waals surface area contributed by atoms with Gasteiger partial charge in [0.1, 0.15) is 0 Å². The first-order valence-corrected chi connectivity index (χ1v) is 9.14. The summed E-state index contributed by atoms with van der Waals surface area (Å²) in [5, 5.41) is 5.70. The fourth-order valence-corrected chi connectivity index (χ4v) is 3.52. The predicted molar refractivity (Wildman–Crippen MR) is 111 cm³/mol. The van der Waals surface area contributed by atoms with Gasteiger partial charge in [0.25, 0.3) is 0 Å². The molecule has 0 aliphatic carbocycles. The molecule has 26 heavy (non-hydrogen) atoms. The number of hydrogen-bond donors (Lipinski definition) is 2. The van der Waals surface area contributed by atoms with E-state index in [0.29, 0.717) is 0 Å². The number of halogens is 1. The third-order valence-electron chi connectivity index (χ3n) is 4.71. The van der Waals surface area contributed by atoms with Crippen LogP contribution in [0.3, 0.4) is 0 Å². The van der Waals surface area contributed by atoms with Crippen molar-refractivity contribution < 1.29 is 0 Å². The quantitative estimate of drug-likeness (QED) is 0.419. The monoisotopic (exact) mass is 360 g/mol. The third-order valence-corrected chi connectivity index (χ3v) is 4.96. The molecular weight excluding hydrogens is 340 g/mol. The number of aryl methyl sites for hydroxylation is 2. The van der Waals surface area contributed by atoms with Gasteiger partial charge in [0, 0.05) is 33.4 Å². The summed E-state index contributed by atoms with van der Waals surface area (Å²) in [4.78, 5) is 3.41. The van der Waals surface area contributed by atoms with Crippen LogP contribution in [0.5, 0.6) is 0 Å². The lowest BCUT2D eigenvalue weighted by Crippen LogP contribution is -2.12. The average Bonchev–Trinajstić information content (AvgIpc) is 3.03. The molecule has 0 spiro atoms. The smallest absolute Gasteiger partial charge is 0.0788 e. The number of benzene rings is 3. The van der Waals surface area contributed by atoms with Crippen molar-refractivity contribution in [2.24, 2.45) is 0 Å². The normalized spacial score (nSPS) is 12.3. The summed E-state index contributed by atoms with van der Waals surface area (Å²) >= 11 is 6.11. The van der Waals surface area contributed by atoms with Crippen molar-refractivity contribution in [3.05, 3.63) is 100 Å². The summed E-state index contributed by atoms with van der Waals surface area (Å²) in [6.45, 7) is 4.24. The highest BCUT2D eigenvalue weighted by atomic mass is 35.5. The average molecular weight is 361 g/mol. The van der Waals surface area contributed by atoms with E-state index in [2.05, 4.69) is 84.9 Å². The topological polar surface area (TPSA) is 27.8 Å². The lowest BCUT2D eigenvalue weighted by atomic mass is 9.97. The second kappa shape index (κ2) is 6.89. The fourth-order valence-electron chi connectivity index (χ4n) is 3.39. The molecule has 0 aliphatic rings. The molecule has 0 fully saturated rings. The molecule has 0 amide bonds. The van der Waals surface area contributed by atoms with Crippen LogP contribution >= 0.6 is 11.6 Å². The second-order valence-corrected chi connectivity index (χ2v) is 7.23. The maximum Gasteiger partial charge on any atom is 0.0788 e. The molecule has 4 rings (SSSR count). The van der Waals surface area contributed by atoms with Crippen molar-refractivity contribution in [1.29, 1.82) is 0 Å². The van der Waals surface area contributed by atoms with E-state index in [1.165, 1.54) is 27.6 Å². The highest BCUT2D eigenvalue weighted by Crippen LogP contribution is 2.33. The van der Waals surface area contributed by atoms with Gasteiger partial charge in [0.2, 0.25) is 0 Å². The molecular formula is C23H21ClN2. The van der Waals surface area contributed by atoms with E-state index < -0.39 is 0 Å². The SMILES string of the molecule is Cc1cccc(NC(c2ccc(Cl)cc2)c2c[nH]c3ccc(C)cc23)c1. The van der Waals surface area contributed by atoms with Gasteiger partial charge in [-0.2, -0.15) is 0 Å². The molecule has 3 aromatic carbocycles. The summed E-state index contributed by atoms with van der Waals surface area (Å²) in [7, 11) is 0. The van der Waals surface area contributed by atoms with Crippen LogP contribution in [0.25, 0.3) is 10.9 Å². The molecule has 130 valence electrons. The van der Waals surface area contributed by atoms with E-state index >= 15 is 0 Å². The second-order valence-electron chi connectivity index (χ2n) is 6.79. The molecule has 1 atom stereocenters. The van der Waals surface area contributed by atoms with Gasteiger partial charge in [-0.3, -0.25) is 0 Å². The van der Waals surface area contributed by atoms with Gasteiger partial charge in [0.05, 0.1) is 6.04 Å². The van der Waals surface area contributed by atoms with Gasteiger partial charge in [-0.1, -0.05) is 47.5 Å². The number of H-pyrrole nitrogens is 1. The molecule has 0 saturated carbocycles. The highest BCUT2D eigenvalue weighted by molar-refractivity contribution is 6.30. The van der Waals surface area contributed by atoms with Crippen molar-refractivity contribution in [1.82, 2.24) is 4.98 Å². The summed E-state index contributed by atoms with van der Waals surface area (Å²) < 4.78 is 0. The van der Waals surface area contributed by atoms with Crippen LogP contribution in [-0.4, -0.2) is 4.98 Å². The number of hydrogen-bond acceptors (Lipinski definition) is 1. The zero-order valence-electron chi connectivity index (χ0n) is 14.9. The summed E-state index contributed by atoms with van der Waals surface area (Å²) in [6, 6.07) is 23.1. The van der Waals surface area contributed by atoms with Crippen LogP contribution in [0.4, 0.5) is 5.69 Å².